The Morgan fingerprint density at radius 3 is 2.84 bits per heavy atom. The predicted molar refractivity (Wildman–Crippen MR) is 77.4 cm³/mol. The zero-order valence-electron chi connectivity index (χ0n) is 11.9. The Hall–Kier alpha value is -1.84. The van der Waals surface area contributed by atoms with Gasteiger partial charge in [-0.3, -0.25) is 4.68 Å². The quantitative estimate of drug-likeness (QED) is 0.897. The lowest BCUT2D eigenvalue weighted by Crippen LogP contribution is -2.18. The molecule has 3 rings (SSSR count). The highest BCUT2D eigenvalue weighted by Crippen LogP contribution is 2.36. The van der Waals surface area contributed by atoms with Crippen LogP contribution in [0, 0.1) is 0 Å². The second-order valence-corrected chi connectivity index (χ2v) is 6.13. The topological polar surface area (TPSA) is 42.7 Å². The predicted octanol–water partition coefficient (Wildman–Crippen LogP) is 3.23. The van der Waals surface area contributed by atoms with Crippen LogP contribution in [0.5, 0.6) is 0 Å². The summed E-state index contributed by atoms with van der Waals surface area (Å²) in [5, 5.41) is 7.97. The summed E-state index contributed by atoms with van der Waals surface area (Å²) in [5.41, 5.74) is 3.50. The van der Waals surface area contributed by atoms with Crippen LogP contribution in [-0.4, -0.2) is 21.3 Å². The van der Waals surface area contributed by atoms with Gasteiger partial charge in [0.2, 0.25) is 0 Å². The van der Waals surface area contributed by atoms with Crippen molar-refractivity contribution in [1.82, 2.24) is 14.8 Å². The monoisotopic (exact) mass is 256 g/mol. The second-order valence-electron chi connectivity index (χ2n) is 6.13. The van der Waals surface area contributed by atoms with Crippen LogP contribution in [0.15, 0.2) is 24.5 Å². The molecule has 2 aromatic heterocycles. The maximum atomic E-state index is 4.61. The Morgan fingerprint density at radius 1 is 1.37 bits per heavy atom. The van der Waals surface area contributed by atoms with Crippen LogP contribution in [0.3, 0.4) is 0 Å². The summed E-state index contributed by atoms with van der Waals surface area (Å²) in [6, 6.07) is 4.66. The molecule has 1 aliphatic heterocycles. The number of hydrogen-bond donors (Lipinski definition) is 1. The lowest BCUT2D eigenvalue weighted by Gasteiger charge is -2.16. The van der Waals surface area contributed by atoms with E-state index < -0.39 is 0 Å². The summed E-state index contributed by atoms with van der Waals surface area (Å²) in [5.74, 6) is 1.01. The fourth-order valence-corrected chi connectivity index (χ4v) is 2.44. The van der Waals surface area contributed by atoms with E-state index >= 15 is 0 Å². The molecule has 1 N–H and O–H groups in total. The molecule has 0 saturated carbocycles. The minimum atomic E-state index is 0.138. The fraction of sp³-hybridized carbons (Fsp3) is 0.467. The number of nitrogens with one attached hydrogen (secondary N) is 1. The number of aromatic nitrogens is 3. The van der Waals surface area contributed by atoms with Gasteiger partial charge >= 0.3 is 0 Å². The summed E-state index contributed by atoms with van der Waals surface area (Å²) in [6.45, 7) is 9.68. The van der Waals surface area contributed by atoms with Gasteiger partial charge in [-0.05, 0) is 26.0 Å². The van der Waals surface area contributed by atoms with Gasteiger partial charge in [-0.2, -0.15) is 5.10 Å². The number of hydrogen-bond acceptors (Lipinski definition) is 3. The summed E-state index contributed by atoms with van der Waals surface area (Å²) in [7, 11) is 0. The first-order valence-electron chi connectivity index (χ1n) is 6.77. The Morgan fingerprint density at radius 2 is 2.16 bits per heavy atom. The average Bonchev–Trinajstić information content (AvgIpc) is 2.95. The third-order valence-electron chi connectivity index (χ3n) is 3.75. The zero-order valence-corrected chi connectivity index (χ0v) is 11.9. The number of fused-ring (bicyclic) bond motifs is 1. The Bertz CT molecular complexity index is 610. The summed E-state index contributed by atoms with van der Waals surface area (Å²) >= 11 is 0. The van der Waals surface area contributed by atoms with Crippen LogP contribution in [0.25, 0.3) is 11.3 Å². The highest BCUT2D eigenvalue weighted by atomic mass is 15.3. The molecule has 0 unspecified atom stereocenters. The molecule has 0 radical (unpaired) electrons. The Kier molecular flexibility index (Phi) is 2.62. The van der Waals surface area contributed by atoms with Gasteiger partial charge in [-0.25, -0.2) is 4.98 Å². The molecule has 0 bridgehead atoms. The molecule has 1 aliphatic rings. The van der Waals surface area contributed by atoms with Crippen molar-refractivity contribution in [2.75, 3.05) is 11.9 Å². The molecule has 4 heteroatoms. The van der Waals surface area contributed by atoms with E-state index in [4.69, 9.17) is 0 Å². The van der Waals surface area contributed by atoms with E-state index in [1.165, 1.54) is 5.56 Å². The molecule has 4 nitrogen and oxygen atoms in total. The van der Waals surface area contributed by atoms with E-state index in [0.717, 1.165) is 23.6 Å². The van der Waals surface area contributed by atoms with Gasteiger partial charge in [-0.15, -0.1) is 0 Å². The van der Waals surface area contributed by atoms with Gasteiger partial charge in [0.1, 0.15) is 5.82 Å². The number of nitrogens with zero attached hydrogens (tertiary/aromatic N) is 3. The third kappa shape index (κ3) is 2.01. The Labute approximate surface area is 113 Å². The average molecular weight is 256 g/mol. The van der Waals surface area contributed by atoms with Gasteiger partial charge < -0.3 is 5.32 Å². The van der Waals surface area contributed by atoms with Crippen molar-refractivity contribution in [3.63, 3.8) is 0 Å². The fourth-order valence-electron chi connectivity index (χ4n) is 2.44. The molecule has 0 amide bonds. The third-order valence-corrected chi connectivity index (χ3v) is 3.75. The van der Waals surface area contributed by atoms with E-state index in [1.807, 2.05) is 17.1 Å². The molecular weight excluding hydrogens is 236 g/mol. The minimum absolute atomic E-state index is 0.138. The first-order chi connectivity index (χ1) is 8.97. The SMILES string of the molecule is CC(C)n1ccc(-c2cnc3c(c2)C(C)(C)CN3)n1. The van der Waals surface area contributed by atoms with Crippen molar-refractivity contribution in [3.05, 3.63) is 30.1 Å². The first kappa shape index (κ1) is 12.2. The maximum absolute atomic E-state index is 4.61. The normalized spacial score (nSPS) is 16.5. The van der Waals surface area contributed by atoms with Gasteiger partial charge in [0.15, 0.2) is 0 Å². The summed E-state index contributed by atoms with van der Waals surface area (Å²) in [6.07, 6.45) is 3.93. The van der Waals surface area contributed by atoms with Crippen LogP contribution in [0.4, 0.5) is 5.82 Å². The van der Waals surface area contributed by atoms with Crippen molar-refractivity contribution in [2.45, 2.75) is 39.2 Å². The summed E-state index contributed by atoms with van der Waals surface area (Å²) < 4.78 is 1.98. The van der Waals surface area contributed by atoms with E-state index in [9.17, 15) is 0 Å². The largest absolute Gasteiger partial charge is 0.369 e. The highest BCUT2D eigenvalue weighted by Gasteiger charge is 2.31. The van der Waals surface area contributed by atoms with Crippen LogP contribution >= 0.6 is 0 Å². The summed E-state index contributed by atoms with van der Waals surface area (Å²) in [4.78, 5) is 4.52. The van der Waals surface area contributed by atoms with Crippen LogP contribution in [0.1, 0.15) is 39.3 Å². The smallest absolute Gasteiger partial charge is 0.129 e. The molecule has 0 spiro atoms. The highest BCUT2D eigenvalue weighted by molar-refractivity contribution is 5.65. The van der Waals surface area contributed by atoms with Crippen molar-refractivity contribution in [1.29, 1.82) is 0 Å². The molecule has 19 heavy (non-hydrogen) atoms. The van der Waals surface area contributed by atoms with Gasteiger partial charge in [0, 0.05) is 41.5 Å². The maximum Gasteiger partial charge on any atom is 0.129 e. The molecule has 3 heterocycles. The molecule has 0 aliphatic carbocycles. The molecule has 0 saturated heterocycles. The number of pyridine rings is 1. The zero-order chi connectivity index (χ0) is 13.6. The molecule has 0 fully saturated rings. The second kappa shape index (κ2) is 4.08. The van der Waals surface area contributed by atoms with E-state index in [2.05, 4.69) is 55.2 Å². The lowest BCUT2D eigenvalue weighted by atomic mass is 9.87. The lowest BCUT2D eigenvalue weighted by molar-refractivity contribution is 0.534. The van der Waals surface area contributed by atoms with Gasteiger partial charge in [-0.1, -0.05) is 13.8 Å². The number of anilines is 1. The van der Waals surface area contributed by atoms with Crippen molar-refractivity contribution >= 4 is 5.82 Å². The minimum Gasteiger partial charge on any atom is -0.369 e. The number of rotatable bonds is 2. The first-order valence-corrected chi connectivity index (χ1v) is 6.77. The van der Waals surface area contributed by atoms with Crippen LogP contribution in [-0.2, 0) is 5.41 Å². The van der Waals surface area contributed by atoms with E-state index in [0.29, 0.717) is 6.04 Å². The molecule has 2 aromatic rings. The standard InChI is InChI=1S/C15H20N4/c1-10(2)19-6-5-13(18-19)11-7-12-14(16-8-11)17-9-15(12,3)4/h5-8,10H,9H2,1-4H3,(H,16,17). The van der Waals surface area contributed by atoms with Crippen molar-refractivity contribution in [3.8, 4) is 11.3 Å². The van der Waals surface area contributed by atoms with Gasteiger partial charge in [0.25, 0.3) is 0 Å². The van der Waals surface area contributed by atoms with E-state index in [1.54, 1.807) is 0 Å². The van der Waals surface area contributed by atoms with Gasteiger partial charge in [0.05, 0.1) is 5.69 Å². The molecule has 0 atom stereocenters. The van der Waals surface area contributed by atoms with Crippen LogP contribution < -0.4 is 5.32 Å². The molecular formula is C15H20N4. The molecule has 100 valence electrons. The van der Waals surface area contributed by atoms with Crippen molar-refractivity contribution < 1.29 is 0 Å². The van der Waals surface area contributed by atoms with Crippen LogP contribution in [0.2, 0.25) is 0 Å². The van der Waals surface area contributed by atoms with E-state index in [-0.39, 0.29) is 5.41 Å². The van der Waals surface area contributed by atoms with Crippen molar-refractivity contribution in [2.24, 2.45) is 0 Å². The Balaban J connectivity index is 2.02. The molecule has 0 aromatic carbocycles.